The number of benzene rings is 1. The van der Waals surface area contributed by atoms with Crippen LogP contribution in [0.2, 0.25) is 0 Å². The predicted molar refractivity (Wildman–Crippen MR) is 87.1 cm³/mol. The number of hydrogen-bond acceptors (Lipinski definition) is 4. The Bertz CT molecular complexity index is 714. The van der Waals surface area contributed by atoms with Crippen molar-refractivity contribution in [3.8, 4) is 0 Å². The fraction of sp³-hybridized carbons (Fsp3) is 0.400. The van der Waals surface area contributed by atoms with E-state index in [4.69, 9.17) is 0 Å². The highest BCUT2D eigenvalue weighted by Crippen LogP contribution is 2.23. The molecule has 0 aliphatic rings. The molecule has 2 N–H and O–H groups in total. The number of nitrogens with one attached hydrogen (secondary N) is 2. The Balaban J connectivity index is 2.11. The van der Waals surface area contributed by atoms with Gasteiger partial charge in [-0.1, -0.05) is 25.1 Å². The standard InChI is InChI=1S/C15H21N3O2S/c1-3-12-11-15(13-7-5-6-8-14(13)18-12)16-9-10-17-21(19,20)4-2/h5-8,11,17H,3-4,9-10H2,1-2H3,(H,16,18). The van der Waals surface area contributed by atoms with Crippen LogP contribution in [0.4, 0.5) is 5.69 Å². The van der Waals surface area contributed by atoms with Gasteiger partial charge >= 0.3 is 0 Å². The normalized spacial score (nSPS) is 11.7. The minimum atomic E-state index is -3.13. The summed E-state index contributed by atoms with van der Waals surface area (Å²) in [7, 11) is -3.13. The summed E-state index contributed by atoms with van der Waals surface area (Å²) in [5.41, 5.74) is 2.96. The maximum atomic E-state index is 11.4. The molecule has 0 aliphatic carbocycles. The fourth-order valence-corrected chi connectivity index (χ4v) is 2.68. The minimum absolute atomic E-state index is 0.102. The highest BCUT2D eigenvalue weighted by atomic mass is 32.2. The van der Waals surface area contributed by atoms with E-state index in [1.807, 2.05) is 30.3 Å². The Hall–Kier alpha value is -1.66. The van der Waals surface area contributed by atoms with E-state index < -0.39 is 10.0 Å². The van der Waals surface area contributed by atoms with Crippen molar-refractivity contribution in [3.05, 3.63) is 36.0 Å². The Morgan fingerprint density at radius 1 is 1.14 bits per heavy atom. The van der Waals surface area contributed by atoms with Gasteiger partial charge in [0.15, 0.2) is 0 Å². The van der Waals surface area contributed by atoms with Crippen molar-refractivity contribution in [3.63, 3.8) is 0 Å². The van der Waals surface area contributed by atoms with Gasteiger partial charge in [-0.2, -0.15) is 0 Å². The number of fused-ring (bicyclic) bond motifs is 1. The molecule has 0 saturated carbocycles. The first-order chi connectivity index (χ1) is 10.1. The van der Waals surface area contributed by atoms with E-state index in [1.165, 1.54) is 0 Å². The topological polar surface area (TPSA) is 71.1 Å². The summed E-state index contributed by atoms with van der Waals surface area (Å²) in [5.74, 6) is 0.102. The molecular formula is C15H21N3O2S. The summed E-state index contributed by atoms with van der Waals surface area (Å²) in [5, 5.41) is 4.34. The molecule has 0 saturated heterocycles. The molecule has 2 rings (SSSR count). The average Bonchev–Trinajstić information content (AvgIpc) is 2.51. The third-order valence-electron chi connectivity index (χ3n) is 3.27. The number of aryl methyl sites for hydroxylation is 1. The maximum Gasteiger partial charge on any atom is 0.211 e. The highest BCUT2D eigenvalue weighted by molar-refractivity contribution is 7.89. The molecule has 0 aliphatic heterocycles. The van der Waals surface area contributed by atoms with Gasteiger partial charge in [-0.3, -0.25) is 4.98 Å². The van der Waals surface area contributed by atoms with Crippen LogP contribution in [0.5, 0.6) is 0 Å². The van der Waals surface area contributed by atoms with Gasteiger partial charge in [-0.05, 0) is 25.5 Å². The maximum absolute atomic E-state index is 11.4. The molecular weight excluding hydrogens is 286 g/mol. The number of para-hydroxylation sites is 1. The van der Waals surface area contributed by atoms with Gasteiger partial charge < -0.3 is 5.32 Å². The molecule has 0 spiro atoms. The second-order valence-corrected chi connectivity index (χ2v) is 6.85. The Labute approximate surface area is 125 Å². The van der Waals surface area contributed by atoms with Crippen LogP contribution in [0, 0.1) is 0 Å². The molecule has 1 heterocycles. The van der Waals surface area contributed by atoms with E-state index in [0.29, 0.717) is 13.1 Å². The zero-order chi connectivity index (χ0) is 15.3. The molecule has 0 unspecified atom stereocenters. The molecule has 0 atom stereocenters. The number of nitrogens with zero attached hydrogens (tertiary/aromatic N) is 1. The van der Waals surface area contributed by atoms with Crippen molar-refractivity contribution in [2.45, 2.75) is 20.3 Å². The Morgan fingerprint density at radius 2 is 1.90 bits per heavy atom. The SMILES string of the molecule is CCc1cc(NCCNS(=O)(=O)CC)c2ccccc2n1. The van der Waals surface area contributed by atoms with E-state index in [1.54, 1.807) is 6.92 Å². The largest absolute Gasteiger partial charge is 0.383 e. The molecule has 114 valence electrons. The van der Waals surface area contributed by atoms with Gasteiger partial charge in [0.1, 0.15) is 0 Å². The highest BCUT2D eigenvalue weighted by Gasteiger charge is 2.06. The monoisotopic (exact) mass is 307 g/mol. The van der Waals surface area contributed by atoms with E-state index in [2.05, 4.69) is 21.9 Å². The van der Waals surface area contributed by atoms with E-state index in [9.17, 15) is 8.42 Å². The van der Waals surface area contributed by atoms with Gasteiger partial charge in [-0.15, -0.1) is 0 Å². The molecule has 21 heavy (non-hydrogen) atoms. The molecule has 1 aromatic carbocycles. The van der Waals surface area contributed by atoms with Crippen molar-refractivity contribution in [1.82, 2.24) is 9.71 Å². The molecule has 0 bridgehead atoms. The summed E-state index contributed by atoms with van der Waals surface area (Å²) < 4.78 is 25.3. The van der Waals surface area contributed by atoms with Crippen LogP contribution in [0.15, 0.2) is 30.3 Å². The number of sulfonamides is 1. The van der Waals surface area contributed by atoms with Crippen molar-refractivity contribution in [2.24, 2.45) is 0 Å². The number of pyridine rings is 1. The Morgan fingerprint density at radius 3 is 2.62 bits per heavy atom. The average molecular weight is 307 g/mol. The minimum Gasteiger partial charge on any atom is -0.383 e. The van der Waals surface area contributed by atoms with Crippen LogP contribution in [0.3, 0.4) is 0 Å². The summed E-state index contributed by atoms with van der Waals surface area (Å²) in [6.45, 7) is 4.60. The van der Waals surface area contributed by atoms with Crippen LogP contribution in [-0.2, 0) is 16.4 Å². The number of hydrogen-bond donors (Lipinski definition) is 2. The van der Waals surface area contributed by atoms with Crippen LogP contribution in [-0.4, -0.2) is 32.2 Å². The lowest BCUT2D eigenvalue weighted by molar-refractivity contribution is 0.584. The summed E-state index contributed by atoms with van der Waals surface area (Å²) >= 11 is 0. The van der Waals surface area contributed by atoms with Crippen molar-refractivity contribution < 1.29 is 8.42 Å². The quantitative estimate of drug-likeness (QED) is 0.769. The predicted octanol–water partition coefficient (Wildman–Crippen LogP) is 2.15. The first-order valence-corrected chi connectivity index (χ1v) is 8.81. The van der Waals surface area contributed by atoms with E-state index in [-0.39, 0.29) is 5.75 Å². The third-order valence-corrected chi connectivity index (χ3v) is 4.68. The number of aromatic nitrogens is 1. The van der Waals surface area contributed by atoms with Crippen molar-refractivity contribution >= 4 is 26.6 Å². The van der Waals surface area contributed by atoms with Gasteiger partial charge in [0.05, 0.1) is 11.3 Å². The summed E-state index contributed by atoms with van der Waals surface area (Å²) in [6, 6.07) is 9.96. The lowest BCUT2D eigenvalue weighted by Crippen LogP contribution is -2.30. The van der Waals surface area contributed by atoms with Crippen molar-refractivity contribution in [2.75, 3.05) is 24.2 Å². The zero-order valence-corrected chi connectivity index (χ0v) is 13.2. The van der Waals surface area contributed by atoms with Crippen LogP contribution < -0.4 is 10.0 Å². The molecule has 6 heteroatoms. The lowest BCUT2D eigenvalue weighted by Gasteiger charge is -2.12. The lowest BCUT2D eigenvalue weighted by atomic mass is 10.1. The van der Waals surface area contributed by atoms with E-state index in [0.717, 1.165) is 28.7 Å². The smallest absolute Gasteiger partial charge is 0.211 e. The fourth-order valence-electron chi connectivity index (χ4n) is 2.06. The molecule has 5 nitrogen and oxygen atoms in total. The molecule has 0 fully saturated rings. The Kier molecular flexibility index (Phi) is 5.14. The van der Waals surface area contributed by atoms with Crippen LogP contribution in [0.25, 0.3) is 10.9 Å². The molecule has 0 radical (unpaired) electrons. The summed E-state index contributed by atoms with van der Waals surface area (Å²) in [6.07, 6.45) is 0.863. The second kappa shape index (κ2) is 6.87. The van der Waals surface area contributed by atoms with Gasteiger partial charge in [0.25, 0.3) is 0 Å². The van der Waals surface area contributed by atoms with Gasteiger partial charge in [0, 0.05) is 29.9 Å². The first-order valence-electron chi connectivity index (χ1n) is 7.15. The third kappa shape index (κ3) is 4.15. The first kappa shape index (κ1) is 15.7. The van der Waals surface area contributed by atoms with Crippen LogP contribution in [0.1, 0.15) is 19.5 Å². The summed E-state index contributed by atoms with van der Waals surface area (Å²) in [4.78, 5) is 4.58. The van der Waals surface area contributed by atoms with Gasteiger partial charge in [0.2, 0.25) is 10.0 Å². The number of rotatable bonds is 7. The van der Waals surface area contributed by atoms with Crippen molar-refractivity contribution in [1.29, 1.82) is 0 Å². The van der Waals surface area contributed by atoms with E-state index >= 15 is 0 Å². The van der Waals surface area contributed by atoms with Crippen LogP contribution >= 0.6 is 0 Å². The number of anilines is 1. The second-order valence-electron chi connectivity index (χ2n) is 4.76. The molecule has 1 aromatic heterocycles. The molecule has 2 aromatic rings. The van der Waals surface area contributed by atoms with Gasteiger partial charge in [-0.25, -0.2) is 13.1 Å². The molecule has 0 amide bonds. The zero-order valence-electron chi connectivity index (χ0n) is 12.4.